The molecule has 0 bridgehead atoms. The van der Waals surface area contributed by atoms with Gasteiger partial charge in [-0.25, -0.2) is 9.97 Å². The van der Waals surface area contributed by atoms with Crippen molar-refractivity contribution >= 4 is 21.5 Å². The first-order valence-corrected chi connectivity index (χ1v) is 14.0. The van der Waals surface area contributed by atoms with Gasteiger partial charge < -0.3 is 9.64 Å². The molecule has 35 heavy (non-hydrogen) atoms. The van der Waals surface area contributed by atoms with E-state index in [9.17, 15) is 13.0 Å². The highest BCUT2D eigenvalue weighted by atomic mass is 32.2. The summed E-state index contributed by atoms with van der Waals surface area (Å²) in [6.45, 7) is 4.30. The highest BCUT2D eigenvalue weighted by molar-refractivity contribution is 7.85. The number of ether oxygens (including phenoxy) is 1. The number of fused-ring (bicyclic) bond motifs is 2. The van der Waals surface area contributed by atoms with Gasteiger partial charge in [0.15, 0.2) is 17.3 Å². The first-order valence-electron chi connectivity index (χ1n) is 12.4. The molecule has 1 aromatic heterocycles. The fraction of sp³-hybridized carbons (Fsp3) is 0.407. The molecule has 0 radical (unpaired) electrons. The molecule has 2 heterocycles. The van der Waals surface area contributed by atoms with Gasteiger partial charge in [-0.2, -0.15) is 8.42 Å². The second-order valence-electron chi connectivity index (χ2n) is 8.95. The van der Waals surface area contributed by atoms with Crippen LogP contribution in [0.4, 0.5) is 11.4 Å². The molecule has 0 amide bonds. The SMILES string of the molecule is CCCCc1ccc2c(c1)N(C(CCS(=O)(=O)O)c1nccc(CCCC)n1)c1ccccc1O2. The maximum atomic E-state index is 11.8. The van der Waals surface area contributed by atoms with Crippen molar-refractivity contribution in [2.45, 2.75) is 64.8 Å². The van der Waals surface area contributed by atoms with Crippen molar-refractivity contribution in [2.75, 3.05) is 10.7 Å². The van der Waals surface area contributed by atoms with Gasteiger partial charge in [-0.15, -0.1) is 0 Å². The zero-order chi connectivity index (χ0) is 24.8. The van der Waals surface area contributed by atoms with Crippen LogP contribution in [0.25, 0.3) is 0 Å². The summed E-state index contributed by atoms with van der Waals surface area (Å²) in [7, 11) is -4.18. The van der Waals surface area contributed by atoms with E-state index in [0.717, 1.165) is 55.6 Å². The number of hydrogen-bond donors (Lipinski definition) is 1. The van der Waals surface area contributed by atoms with Gasteiger partial charge in [-0.05, 0) is 68.0 Å². The highest BCUT2D eigenvalue weighted by Crippen LogP contribution is 2.51. The Morgan fingerprint density at radius 2 is 1.71 bits per heavy atom. The number of nitrogens with zero attached hydrogens (tertiary/aromatic N) is 3. The monoisotopic (exact) mass is 495 g/mol. The number of rotatable bonds is 11. The molecule has 0 fully saturated rings. The molecule has 1 aliphatic heterocycles. The van der Waals surface area contributed by atoms with Gasteiger partial charge in [0, 0.05) is 11.9 Å². The molecule has 1 atom stereocenters. The molecule has 4 rings (SSSR count). The number of anilines is 2. The first kappa shape index (κ1) is 25.1. The molecule has 0 aliphatic carbocycles. The van der Waals surface area contributed by atoms with Gasteiger partial charge in [0.25, 0.3) is 10.1 Å². The van der Waals surface area contributed by atoms with Crippen molar-refractivity contribution in [2.24, 2.45) is 0 Å². The van der Waals surface area contributed by atoms with Crippen LogP contribution in [0.2, 0.25) is 0 Å². The molecule has 8 heteroatoms. The predicted octanol–water partition coefficient (Wildman–Crippen LogP) is 6.42. The highest BCUT2D eigenvalue weighted by Gasteiger charge is 2.33. The summed E-state index contributed by atoms with van der Waals surface area (Å²) in [5, 5.41) is 0. The van der Waals surface area contributed by atoms with E-state index in [0.29, 0.717) is 17.3 Å². The maximum absolute atomic E-state index is 11.8. The number of unbranched alkanes of at least 4 members (excludes halogenated alkanes) is 2. The van der Waals surface area contributed by atoms with E-state index in [-0.39, 0.29) is 6.42 Å². The van der Waals surface area contributed by atoms with Crippen LogP contribution in [0.3, 0.4) is 0 Å². The number of hydrogen-bond acceptors (Lipinski definition) is 6. The summed E-state index contributed by atoms with van der Waals surface area (Å²) >= 11 is 0. The standard InChI is InChI=1S/C27H33N3O4S/c1-3-5-9-20-13-14-26-24(19-20)30(22-11-7-8-12-25(22)34-26)23(16-18-35(31,32)33)27-28-17-15-21(29-27)10-6-4-2/h7-8,11-15,17,19,23H,3-6,9-10,16,18H2,1-2H3,(H,31,32,33). The van der Waals surface area contributed by atoms with Crippen LogP contribution in [0.5, 0.6) is 11.5 Å². The lowest BCUT2D eigenvalue weighted by Crippen LogP contribution is -2.30. The summed E-state index contributed by atoms with van der Waals surface area (Å²) in [5.74, 6) is 1.51. The van der Waals surface area contributed by atoms with E-state index in [1.54, 1.807) is 6.20 Å². The van der Waals surface area contributed by atoms with E-state index in [4.69, 9.17) is 9.72 Å². The van der Waals surface area contributed by atoms with Gasteiger partial charge in [-0.1, -0.05) is 44.9 Å². The molecule has 1 N–H and O–H groups in total. The van der Waals surface area contributed by atoms with E-state index < -0.39 is 21.9 Å². The third-order valence-electron chi connectivity index (χ3n) is 6.22. The van der Waals surface area contributed by atoms with Gasteiger partial charge in [-0.3, -0.25) is 4.55 Å². The minimum Gasteiger partial charge on any atom is -0.453 e. The molecule has 7 nitrogen and oxygen atoms in total. The Hall–Kier alpha value is -2.97. The summed E-state index contributed by atoms with van der Waals surface area (Å²) < 4.78 is 39.4. The van der Waals surface area contributed by atoms with Crippen LogP contribution >= 0.6 is 0 Å². The zero-order valence-corrected chi connectivity index (χ0v) is 21.2. The normalized spacial score (nSPS) is 13.6. The molecule has 0 saturated carbocycles. The lowest BCUT2D eigenvalue weighted by atomic mass is 10.0. The number of benzene rings is 2. The Balaban J connectivity index is 1.84. The lowest BCUT2D eigenvalue weighted by molar-refractivity contribution is 0.458. The molecular formula is C27H33N3O4S. The van der Waals surface area contributed by atoms with Gasteiger partial charge in [0.05, 0.1) is 23.2 Å². The van der Waals surface area contributed by atoms with Gasteiger partial charge in [0.2, 0.25) is 0 Å². The van der Waals surface area contributed by atoms with Crippen molar-refractivity contribution in [3.63, 3.8) is 0 Å². The van der Waals surface area contributed by atoms with E-state index in [1.165, 1.54) is 5.56 Å². The Morgan fingerprint density at radius 1 is 0.971 bits per heavy atom. The minimum atomic E-state index is -4.18. The fourth-order valence-corrected chi connectivity index (χ4v) is 4.93. The molecule has 0 saturated heterocycles. The average Bonchev–Trinajstić information content (AvgIpc) is 2.85. The summed E-state index contributed by atoms with van der Waals surface area (Å²) in [6.07, 6.45) is 7.86. The Kier molecular flexibility index (Phi) is 8.03. The minimum absolute atomic E-state index is 0.128. The van der Waals surface area contributed by atoms with Crippen LogP contribution in [-0.4, -0.2) is 28.7 Å². The second kappa shape index (κ2) is 11.2. The smallest absolute Gasteiger partial charge is 0.264 e. The van der Waals surface area contributed by atoms with Crippen molar-refractivity contribution in [3.05, 3.63) is 71.8 Å². The van der Waals surface area contributed by atoms with E-state index in [2.05, 4.69) is 35.9 Å². The summed E-state index contributed by atoms with van der Waals surface area (Å²) in [6, 6.07) is 15.3. The second-order valence-corrected chi connectivity index (χ2v) is 10.5. The molecule has 1 unspecified atom stereocenters. The molecule has 186 valence electrons. The summed E-state index contributed by atoms with van der Waals surface area (Å²) in [4.78, 5) is 11.5. The Morgan fingerprint density at radius 3 is 2.49 bits per heavy atom. The van der Waals surface area contributed by atoms with Gasteiger partial charge >= 0.3 is 0 Å². The first-order chi connectivity index (χ1) is 16.9. The third-order valence-corrected chi connectivity index (χ3v) is 6.98. The molecule has 2 aromatic carbocycles. The lowest BCUT2D eigenvalue weighted by Gasteiger charge is -2.38. The van der Waals surface area contributed by atoms with E-state index in [1.807, 2.05) is 36.4 Å². The van der Waals surface area contributed by atoms with Crippen molar-refractivity contribution in [3.8, 4) is 11.5 Å². The zero-order valence-electron chi connectivity index (χ0n) is 20.4. The quantitative estimate of drug-likeness (QED) is 0.307. The van der Waals surface area contributed by atoms with Crippen molar-refractivity contribution < 1.29 is 17.7 Å². The number of aromatic nitrogens is 2. The van der Waals surface area contributed by atoms with Crippen LogP contribution < -0.4 is 9.64 Å². The molecule has 0 spiro atoms. The number of aryl methyl sites for hydroxylation is 2. The molecule has 3 aromatic rings. The number of para-hydroxylation sites is 2. The molecular weight excluding hydrogens is 462 g/mol. The molecule has 1 aliphatic rings. The third kappa shape index (κ3) is 6.18. The van der Waals surface area contributed by atoms with Crippen LogP contribution in [0.1, 0.15) is 69.1 Å². The Labute approximate surface area is 207 Å². The van der Waals surface area contributed by atoms with Crippen LogP contribution in [-0.2, 0) is 23.0 Å². The van der Waals surface area contributed by atoms with Crippen LogP contribution in [0, 0.1) is 0 Å². The fourth-order valence-electron chi connectivity index (χ4n) is 4.41. The summed E-state index contributed by atoms with van der Waals surface area (Å²) in [5.41, 5.74) is 3.77. The van der Waals surface area contributed by atoms with E-state index >= 15 is 0 Å². The largest absolute Gasteiger partial charge is 0.453 e. The van der Waals surface area contributed by atoms with Gasteiger partial charge in [0.1, 0.15) is 0 Å². The van der Waals surface area contributed by atoms with Crippen molar-refractivity contribution in [1.82, 2.24) is 9.97 Å². The van der Waals surface area contributed by atoms with Crippen molar-refractivity contribution in [1.29, 1.82) is 0 Å². The Bertz CT molecular complexity index is 1260. The predicted molar refractivity (Wildman–Crippen MR) is 138 cm³/mol. The topological polar surface area (TPSA) is 92.6 Å². The maximum Gasteiger partial charge on any atom is 0.264 e. The average molecular weight is 496 g/mol. The van der Waals surface area contributed by atoms with Crippen LogP contribution in [0.15, 0.2) is 54.7 Å².